The molecular formula is C16H22N2O3S. The molecule has 3 rings (SSSR count). The van der Waals surface area contributed by atoms with Crippen LogP contribution in [0, 0.1) is 5.92 Å². The number of hydrogen-bond acceptors (Lipinski definition) is 4. The summed E-state index contributed by atoms with van der Waals surface area (Å²) in [6, 6.07) is 8.38. The molecule has 120 valence electrons. The zero-order valence-electron chi connectivity index (χ0n) is 12.6. The van der Waals surface area contributed by atoms with Crippen molar-refractivity contribution in [2.45, 2.75) is 19.3 Å². The van der Waals surface area contributed by atoms with Crippen LogP contribution in [-0.4, -0.2) is 45.5 Å². The number of carbonyl (C=O) groups excluding carboxylic acids is 1. The van der Waals surface area contributed by atoms with Gasteiger partial charge in [0.25, 0.3) is 0 Å². The van der Waals surface area contributed by atoms with Gasteiger partial charge in [-0.1, -0.05) is 18.2 Å². The Labute approximate surface area is 131 Å². The van der Waals surface area contributed by atoms with Crippen molar-refractivity contribution in [2.24, 2.45) is 5.92 Å². The molecule has 0 radical (unpaired) electrons. The molecule has 22 heavy (non-hydrogen) atoms. The Morgan fingerprint density at radius 3 is 2.91 bits per heavy atom. The average molecular weight is 322 g/mol. The van der Waals surface area contributed by atoms with Crippen molar-refractivity contribution in [2.75, 3.05) is 36.0 Å². The summed E-state index contributed by atoms with van der Waals surface area (Å²) >= 11 is 0. The lowest BCUT2D eigenvalue weighted by Gasteiger charge is -2.31. The van der Waals surface area contributed by atoms with Gasteiger partial charge in [-0.3, -0.25) is 4.79 Å². The highest BCUT2D eigenvalue weighted by atomic mass is 32.2. The van der Waals surface area contributed by atoms with E-state index in [0.717, 1.165) is 25.9 Å². The van der Waals surface area contributed by atoms with Gasteiger partial charge < -0.3 is 10.2 Å². The zero-order valence-corrected chi connectivity index (χ0v) is 13.4. The maximum Gasteiger partial charge on any atom is 0.224 e. The van der Waals surface area contributed by atoms with E-state index in [0.29, 0.717) is 13.0 Å². The molecule has 1 fully saturated rings. The van der Waals surface area contributed by atoms with Crippen molar-refractivity contribution in [3.63, 3.8) is 0 Å². The summed E-state index contributed by atoms with van der Waals surface area (Å²) < 4.78 is 22.8. The predicted molar refractivity (Wildman–Crippen MR) is 86.7 cm³/mol. The van der Waals surface area contributed by atoms with Gasteiger partial charge in [0, 0.05) is 25.3 Å². The van der Waals surface area contributed by atoms with E-state index in [1.165, 1.54) is 11.3 Å². The number of amides is 1. The van der Waals surface area contributed by atoms with Gasteiger partial charge in [-0.05, 0) is 30.9 Å². The Kier molecular flexibility index (Phi) is 4.38. The van der Waals surface area contributed by atoms with E-state index in [1.807, 2.05) is 6.07 Å². The summed E-state index contributed by atoms with van der Waals surface area (Å²) in [6.45, 7) is 2.33. The van der Waals surface area contributed by atoms with Crippen LogP contribution in [0.4, 0.5) is 5.69 Å². The van der Waals surface area contributed by atoms with Crippen LogP contribution in [0.1, 0.15) is 18.4 Å². The first-order valence-electron chi connectivity index (χ1n) is 7.86. The number of aryl methyl sites for hydroxylation is 1. The van der Waals surface area contributed by atoms with E-state index < -0.39 is 9.84 Å². The van der Waals surface area contributed by atoms with E-state index in [4.69, 9.17) is 0 Å². The summed E-state index contributed by atoms with van der Waals surface area (Å²) in [5.74, 6) is -0.333. The summed E-state index contributed by atoms with van der Waals surface area (Å²) in [5.41, 5.74) is 2.62. The van der Waals surface area contributed by atoms with Gasteiger partial charge >= 0.3 is 0 Å². The zero-order chi connectivity index (χ0) is 15.6. The fourth-order valence-electron chi connectivity index (χ4n) is 3.30. The molecule has 0 spiro atoms. The molecule has 6 heteroatoms. The third-order valence-corrected chi connectivity index (χ3v) is 6.26. The number of nitrogens with one attached hydrogen (secondary N) is 1. The van der Waals surface area contributed by atoms with Crippen LogP contribution in [0.15, 0.2) is 24.3 Å². The number of nitrogens with zero attached hydrogens (tertiary/aromatic N) is 1. The Morgan fingerprint density at radius 1 is 1.32 bits per heavy atom. The molecule has 0 aromatic heterocycles. The summed E-state index contributed by atoms with van der Waals surface area (Å²) in [7, 11) is -3.00. The molecule has 5 nitrogen and oxygen atoms in total. The van der Waals surface area contributed by atoms with Crippen molar-refractivity contribution < 1.29 is 13.2 Å². The molecule has 1 aromatic carbocycles. The van der Waals surface area contributed by atoms with Gasteiger partial charge in [-0.2, -0.15) is 0 Å². The van der Waals surface area contributed by atoms with Crippen molar-refractivity contribution in [1.29, 1.82) is 0 Å². The normalized spacial score (nSPS) is 23.1. The lowest BCUT2D eigenvalue weighted by molar-refractivity contribution is -0.124. The predicted octanol–water partition coefficient (Wildman–Crippen LogP) is 0.990. The lowest BCUT2D eigenvalue weighted by atomic mass is 10.0. The lowest BCUT2D eigenvalue weighted by Crippen LogP contribution is -2.39. The Balaban J connectivity index is 1.51. The molecule has 1 N–H and O–H groups in total. The minimum Gasteiger partial charge on any atom is -0.370 e. The quantitative estimate of drug-likeness (QED) is 0.898. The number of rotatable bonds is 4. The first kappa shape index (κ1) is 15.3. The molecule has 1 aromatic rings. The van der Waals surface area contributed by atoms with Crippen molar-refractivity contribution >= 4 is 21.4 Å². The second-order valence-corrected chi connectivity index (χ2v) is 8.34. The molecule has 1 atom stereocenters. The molecule has 0 aliphatic carbocycles. The fourth-order valence-corrected chi connectivity index (χ4v) is 5.05. The smallest absolute Gasteiger partial charge is 0.224 e. The first-order chi connectivity index (χ1) is 10.6. The molecule has 2 aliphatic heterocycles. The second-order valence-electron chi connectivity index (χ2n) is 6.11. The highest BCUT2D eigenvalue weighted by molar-refractivity contribution is 7.91. The van der Waals surface area contributed by atoms with E-state index in [1.54, 1.807) is 0 Å². The molecule has 1 saturated heterocycles. The third kappa shape index (κ3) is 3.43. The number of anilines is 1. The van der Waals surface area contributed by atoms with E-state index in [-0.39, 0.29) is 23.3 Å². The Morgan fingerprint density at radius 2 is 2.14 bits per heavy atom. The molecule has 0 saturated carbocycles. The van der Waals surface area contributed by atoms with Crippen LogP contribution in [0.25, 0.3) is 0 Å². The van der Waals surface area contributed by atoms with Gasteiger partial charge in [0.1, 0.15) is 0 Å². The Hall–Kier alpha value is -1.56. The standard InChI is InChI=1S/C16H22N2O3S/c19-16(14-7-11-22(20,21)12-14)17-8-10-18-9-3-5-13-4-1-2-6-15(13)18/h1-2,4,6,14H,3,5,7-12H2,(H,17,19). The molecule has 2 aliphatic rings. The van der Waals surface area contributed by atoms with Gasteiger partial charge in [-0.15, -0.1) is 0 Å². The number of benzene rings is 1. The Bertz CT molecular complexity index is 657. The number of sulfone groups is 1. The SMILES string of the molecule is O=C(NCCN1CCCc2ccccc21)C1CCS(=O)(=O)C1. The van der Waals surface area contributed by atoms with Gasteiger partial charge in [-0.25, -0.2) is 8.42 Å². The number of carbonyl (C=O) groups is 1. The van der Waals surface area contributed by atoms with Crippen LogP contribution in [0.5, 0.6) is 0 Å². The second kappa shape index (κ2) is 6.28. The maximum atomic E-state index is 12.0. The topological polar surface area (TPSA) is 66.5 Å². The van der Waals surface area contributed by atoms with Crippen LogP contribution < -0.4 is 10.2 Å². The molecule has 2 heterocycles. The summed E-state index contributed by atoms with van der Waals surface area (Å²) in [6.07, 6.45) is 2.70. The van der Waals surface area contributed by atoms with Gasteiger partial charge in [0.15, 0.2) is 9.84 Å². The van der Waals surface area contributed by atoms with E-state index in [9.17, 15) is 13.2 Å². The first-order valence-corrected chi connectivity index (χ1v) is 9.68. The third-order valence-electron chi connectivity index (χ3n) is 4.49. The molecule has 1 unspecified atom stereocenters. The van der Waals surface area contributed by atoms with Crippen molar-refractivity contribution in [1.82, 2.24) is 5.32 Å². The average Bonchev–Trinajstić information content (AvgIpc) is 2.88. The van der Waals surface area contributed by atoms with Crippen LogP contribution in [-0.2, 0) is 21.1 Å². The van der Waals surface area contributed by atoms with Gasteiger partial charge in [0.05, 0.1) is 17.4 Å². The highest BCUT2D eigenvalue weighted by Gasteiger charge is 2.32. The number of hydrogen-bond donors (Lipinski definition) is 1. The summed E-state index contributed by atoms with van der Waals surface area (Å²) in [4.78, 5) is 14.3. The number of fused-ring (bicyclic) bond motifs is 1. The van der Waals surface area contributed by atoms with Crippen LogP contribution in [0.3, 0.4) is 0 Å². The van der Waals surface area contributed by atoms with Crippen molar-refractivity contribution in [3.05, 3.63) is 29.8 Å². The van der Waals surface area contributed by atoms with Crippen LogP contribution >= 0.6 is 0 Å². The largest absolute Gasteiger partial charge is 0.370 e. The molecular weight excluding hydrogens is 300 g/mol. The van der Waals surface area contributed by atoms with Crippen molar-refractivity contribution in [3.8, 4) is 0 Å². The molecule has 0 bridgehead atoms. The number of para-hydroxylation sites is 1. The van der Waals surface area contributed by atoms with Gasteiger partial charge in [0.2, 0.25) is 5.91 Å². The maximum absolute atomic E-state index is 12.0. The summed E-state index contributed by atoms with van der Waals surface area (Å²) in [5, 5.41) is 2.90. The van der Waals surface area contributed by atoms with E-state index in [2.05, 4.69) is 28.4 Å². The highest BCUT2D eigenvalue weighted by Crippen LogP contribution is 2.26. The van der Waals surface area contributed by atoms with Crippen LogP contribution in [0.2, 0.25) is 0 Å². The minimum atomic E-state index is -3.00. The van der Waals surface area contributed by atoms with E-state index >= 15 is 0 Å². The monoisotopic (exact) mass is 322 g/mol. The molecule has 1 amide bonds. The minimum absolute atomic E-state index is 0.00534. The fraction of sp³-hybridized carbons (Fsp3) is 0.562.